The van der Waals surface area contributed by atoms with E-state index in [0.29, 0.717) is 0 Å². The molecule has 3 heterocycles. The van der Waals surface area contributed by atoms with Crippen LogP contribution in [0.4, 0.5) is 5.69 Å². The number of allylic oxidation sites excluding steroid dienone is 2. The highest BCUT2D eigenvalue weighted by Gasteiger charge is 2.25. The average molecular weight is 784 g/mol. The molecule has 0 fully saturated rings. The number of aromatic nitrogens is 1. The molecular weight excluding hydrogens is 743 g/mol. The summed E-state index contributed by atoms with van der Waals surface area (Å²) in [6.07, 6.45) is 6.11. The van der Waals surface area contributed by atoms with Gasteiger partial charge < -0.3 is 13.9 Å². The molecule has 290 valence electrons. The molecular formula is C57H41N3O. The second kappa shape index (κ2) is 15.0. The maximum Gasteiger partial charge on any atom is 0.145 e. The van der Waals surface area contributed by atoms with Crippen LogP contribution in [0.25, 0.3) is 83.7 Å². The molecule has 0 saturated heterocycles. The maximum absolute atomic E-state index is 6.68. The Bertz CT molecular complexity index is 3480. The number of nitrogens with zero attached hydrogens (tertiary/aromatic N) is 3. The number of aliphatic imine (C=N–C) groups is 1. The van der Waals surface area contributed by atoms with Crippen molar-refractivity contribution in [3.63, 3.8) is 0 Å². The number of anilines is 1. The summed E-state index contributed by atoms with van der Waals surface area (Å²) in [5.74, 6) is 0.835. The molecule has 0 aliphatic carbocycles. The highest BCUT2D eigenvalue weighted by Crippen LogP contribution is 2.37. The molecule has 0 N–H and O–H groups in total. The fourth-order valence-electron chi connectivity index (χ4n) is 8.93. The number of benzene rings is 8. The van der Waals surface area contributed by atoms with E-state index in [1.54, 1.807) is 0 Å². The van der Waals surface area contributed by atoms with Gasteiger partial charge in [-0.1, -0.05) is 152 Å². The quantitative estimate of drug-likeness (QED) is 0.168. The number of furan rings is 1. The van der Waals surface area contributed by atoms with Gasteiger partial charge >= 0.3 is 0 Å². The molecule has 0 atom stereocenters. The Morgan fingerprint density at radius 1 is 0.492 bits per heavy atom. The fourth-order valence-corrected chi connectivity index (χ4v) is 8.93. The molecule has 4 heteroatoms. The van der Waals surface area contributed by atoms with E-state index in [1.807, 2.05) is 19.1 Å². The lowest BCUT2D eigenvalue weighted by Gasteiger charge is -2.28. The standard InChI is InChI=1S/C57H41N3O/c1-3-4-26-54-55(49-37-44(32-34-53(49)61-54)43-31-33-52-48(36-43)46-22-11-14-25-51(46)60(52)45-20-9-6-10-21-45)57-58-56(47-23-12-13-24-50(47)59(57)2)40-29-27-39(28-30-40)42-19-15-18-41(35-42)38-16-7-5-8-17-38/h3-37H,1-2H3/b4-3-,54-26+,57-55-. The Kier molecular flexibility index (Phi) is 8.90. The smallest absolute Gasteiger partial charge is 0.145 e. The number of hydrogen-bond donors (Lipinski definition) is 0. The topological polar surface area (TPSA) is 33.7 Å². The second-order valence-electron chi connectivity index (χ2n) is 15.5. The summed E-state index contributed by atoms with van der Waals surface area (Å²) in [5, 5.41) is 4.41. The maximum atomic E-state index is 6.68. The van der Waals surface area contributed by atoms with Crippen LogP contribution >= 0.6 is 0 Å². The molecule has 0 radical (unpaired) electrons. The van der Waals surface area contributed by atoms with Gasteiger partial charge in [0.25, 0.3) is 0 Å². The van der Waals surface area contributed by atoms with E-state index >= 15 is 0 Å². The molecule has 0 spiro atoms. The first-order chi connectivity index (χ1) is 30.1. The Hall–Kier alpha value is -7.95. The van der Waals surface area contributed by atoms with Gasteiger partial charge in [-0.25, -0.2) is 4.99 Å². The zero-order chi connectivity index (χ0) is 40.9. The van der Waals surface area contributed by atoms with Crippen LogP contribution in [-0.2, 0) is 0 Å². The van der Waals surface area contributed by atoms with Gasteiger partial charge in [0.05, 0.1) is 27.7 Å². The second-order valence-corrected chi connectivity index (χ2v) is 15.5. The Labute approximate surface area is 354 Å². The normalized spacial score (nSPS) is 14.0. The summed E-state index contributed by atoms with van der Waals surface area (Å²) in [6, 6.07) is 69.3. The van der Waals surface area contributed by atoms with Crippen molar-refractivity contribution in [1.82, 2.24) is 4.57 Å². The van der Waals surface area contributed by atoms with Gasteiger partial charge in [0.1, 0.15) is 16.8 Å². The van der Waals surface area contributed by atoms with E-state index in [0.717, 1.165) is 72.3 Å². The SMILES string of the molecule is C\C=C/C=c1/oc2ccc(-c3ccc4c(c3)c3ccccc3n4-c3ccccc3)cc2/c1=C1\N=C(c2ccc(-c3cccc(-c4ccccc4)c3)cc2)c2ccccc2N1C. The molecule has 8 aromatic carbocycles. The minimum atomic E-state index is 0.768. The van der Waals surface area contributed by atoms with Crippen molar-refractivity contribution in [2.24, 2.45) is 4.99 Å². The largest absolute Gasteiger partial charge is 0.456 e. The van der Waals surface area contributed by atoms with Crippen molar-refractivity contribution in [2.45, 2.75) is 6.92 Å². The first-order valence-corrected chi connectivity index (χ1v) is 20.8. The third kappa shape index (κ3) is 6.28. The van der Waals surface area contributed by atoms with Gasteiger partial charge in [-0.15, -0.1) is 0 Å². The van der Waals surface area contributed by atoms with E-state index in [9.17, 15) is 0 Å². The van der Waals surface area contributed by atoms with Gasteiger partial charge in [-0.05, 0) is 101 Å². The first kappa shape index (κ1) is 36.2. The van der Waals surface area contributed by atoms with E-state index in [4.69, 9.17) is 9.41 Å². The van der Waals surface area contributed by atoms with E-state index in [2.05, 4.69) is 217 Å². The van der Waals surface area contributed by atoms with Crippen molar-refractivity contribution in [2.75, 3.05) is 11.9 Å². The Morgan fingerprint density at radius 3 is 1.87 bits per heavy atom. The van der Waals surface area contributed by atoms with Crippen molar-refractivity contribution in [1.29, 1.82) is 0 Å². The molecule has 0 unspecified atom stereocenters. The van der Waals surface area contributed by atoms with Crippen LogP contribution < -0.4 is 15.5 Å². The molecule has 1 aliphatic rings. The predicted octanol–water partition coefficient (Wildman–Crippen LogP) is 12.9. The summed E-state index contributed by atoms with van der Waals surface area (Å²) in [4.78, 5) is 7.76. The van der Waals surface area contributed by atoms with Crippen LogP contribution in [0, 0.1) is 0 Å². The zero-order valence-corrected chi connectivity index (χ0v) is 34.0. The number of hydrogen-bond acceptors (Lipinski definition) is 3. The highest BCUT2D eigenvalue weighted by molar-refractivity contribution is 6.20. The first-order valence-electron chi connectivity index (χ1n) is 20.8. The van der Waals surface area contributed by atoms with Crippen LogP contribution in [0.2, 0.25) is 0 Å². The van der Waals surface area contributed by atoms with Crippen LogP contribution in [0.5, 0.6) is 0 Å². The van der Waals surface area contributed by atoms with E-state index < -0.39 is 0 Å². The lowest BCUT2D eigenvalue weighted by Crippen LogP contribution is -2.33. The summed E-state index contributed by atoms with van der Waals surface area (Å²) in [7, 11) is 2.11. The summed E-state index contributed by atoms with van der Waals surface area (Å²) < 4.78 is 9.04. The van der Waals surface area contributed by atoms with Gasteiger partial charge in [0.2, 0.25) is 0 Å². The van der Waals surface area contributed by atoms with Crippen molar-refractivity contribution in [3.8, 4) is 39.1 Å². The van der Waals surface area contributed by atoms with Crippen molar-refractivity contribution >= 4 is 56.1 Å². The van der Waals surface area contributed by atoms with E-state index in [1.165, 1.54) is 38.5 Å². The third-order valence-corrected chi connectivity index (χ3v) is 11.9. The highest BCUT2D eigenvalue weighted by atomic mass is 16.3. The van der Waals surface area contributed by atoms with Crippen LogP contribution in [0.1, 0.15) is 18.1 Å². The van der Waals surface area contributed by atoms with Crippen molar-refractivity contribution < 1.29 is 4.42 Å². The van der Waals surface area contributed by atoms with Crippen LogP contribution in [0.15, 0.2) is 216 Å². The molecule has 10 aromatic rings. The Morgan fingerprint density at radius 2 is 1.08 bits per heavy atom. The average Bonchev–Trinajstić information content (AvgIpc) is 3.86. The third-order valence-electron chi connectivity index (χ3n) is 11.9. The van der Waals surface area contributed by atoms with E-state index in [-0.39, 0.29) is 0 Å². The Balaban J connectivity index is 1.07. The van der Waals surface area contributed by atoms with Gasteiger partial charge in [0, 0.05) is 40.0 Å². The fraction of sp³-hybridized carbons (Fsp3) is 0.0351. The molecule has 61 heavy (non-hydrogen) atoms. The summed E-state index contributed by atoms with van der Waals surface area (Å²) in [5.41, 5.74) is 16.3. The minimum Gasteiger partial charge on any atom is -0.456 e. The van der Waals surface area contributed by atoms with Crippen LogP contribution in [-0.4, -0.2) is 17.3 Å². The predicted molar refractivity (Wildman–Crippen MR) is 256 cm³/mol. The molecule has 1 aliphatic heterocycles. The summed E-state index contributed by atoms with van der Waals surface area (Å²) in [6.45, 7) is 2.02. The lowest BCUT2D eigenvalue weighted by molar-refractivity contribution is 0.575. The molecule has 4 nitrogen and oxygen atoms in total. The zero-order valence-electron chi connectivity index (χ0n) is 34.0. The van der Waals surface area contributed by atoms with Gasteiger partial charge in [-0.3, -0.25) is 0 Å². The summed E-state index contributed by atoms with van der Waals surface area (Å²) >= 11 is 0. The lowest BCUT2D eigenvalue weighted by atomic mass is 9.95. The number of para-hydroxylation sites is 3. The molecule has 0 amide bonds. The number of rotatable bonds is 6. The van der Waals surface area contributed by atoms with Crippen LogP contribution in [0.3, 0.4) is 0 Å². The molecule has 2 aromatic heterocycles. The van der Waals surface area contributed by atoms with Crippen molar-refractivity contribution in [3.05, 3.63) is 228 Å². The van der Waals surface area contributed by atoms with Gasteiger partial charge in [0.15, 0.2) is 0 Å². The molecule has 11 rings (SSSR count). The molecule has 0 bridgehead atoms. The number of fused-ring (bicyclic) bond motifs is 5. The van der Waals surface area contributed by atoms with Gasteiger partial charge in [-0.2, -0.15) is 0 Å². The monoisotopic (exact) mass is 783 g/mol. The minimum absolute atomic E-state index is 0.768. The molecule has 0 saturated carbocycles.